The van der Waals surface area contributed by atoms with E-state index in [0.717, 1.165) is 87.1 Å². The third kappa shape index (κ3) is 16.9. The maximum atomic E-state index is 13.9. The van der Waals surface area contributed by atoms with Crippen LogP contribution in [0.4, 0.5) is 9.59 Å². The molecule has 0 aromatic carbocycles. The van der Waals surface area contributed by atoms with Crippen molar-refractivity contribution < 1.29 is 33.4 Å². The second-order valence-electron chi connectivity index (χ2n) is 26.2. The van der Waals surface area contributed by atoms with Gasteiger partial charge in [0.25, 0.3) is 0 Å². The molecule has 3 N–H and O–H groups in total. The van der Waals surface area contributed by atoms with Gasteiger partial charge < -0.3 is 35.1 Å². The number of hydrogen-bond acceptors (Lipinski definition) is 8. The highest BCUT2D eigenvalue weighted by Crippen LogP contribution is 2.67. The van der Waals surface area contributed by atoms with Gasteiger partial charge in [0.1, 0.15) is 17.3 Å². The van der Waals surface area contributed by atoms with Crippen molar-refractivity contribution in [2.75, 3.05) is 26.2 Å². The summed E-state index contributed by atoms with van der Waals surface area (Å²) in [6.45, 7) is 36.3. The second kappa shape index (κ2) is 24.1. The Hall–Kier alpha value is -2.82. The van der Waals surface area contributed by atoms with Crippen molar-refractivity contribution in [2.45, 2.75) is 248 Å². The lowest BCUT2D eigenvalue weighted by atomic mass is 9.47. The number of alkyl carbamates (subject to hydrolysis) is 2. The summed E-state index contributed by atoms with van der Waals surface area (Å²) in [5.74, 6) is 5.16. The molecular formula is C57H102N4O7. The number of carbonyl (C=O) groups excluding carboxylic acids is 4. The maximum Gasteiger partial charge on any atom is 0.408 e. The zero-order valence-electron chi connectivity index (χ0n) is 46.4. The first-order chi connectivity index (χ1) is 31.5. The van der Waals surface area contributed by atoms with Gasteiger partial charge in [0.15, 0.2) is 0 Å². The molecule has 4 aliphatic carbocycles. The summed E-state index contributed by atoms with van der Waals surface area (Å²) in [5.41, 5.74) is -0.0923. The lowest BCUT2D eigenvalue weighted by Crippen LogP contribution is -2.51. The van der Waals surface area contributed by atoms with Crippen LogP contribution in [0, 0.1) is 52.3 Å². The average Bonchev–Trinajstić information content (AvgIpc) is 3.56. The molecular weight excluding hydrogens is 853 g/mol. The molecule has 68 heavy (non-hydrogen) atoms. The van der Waals surface area contributed by atoms with Gasteiger partial charge in [-0.1, -0.05) is 66.0 Å². The summed E-state index contributed by atoms with van der Waals surface area (Å²) in [5, 5.41) is 9.41. The summed E-state index contributed by atoms with van der Waals surface area (Å²) in [4.78, 5) is 54.2. The molecule has 0 unspecified atom stereocenters. The number of fused-ring (bicyclic) bond motifs is 5. The fourth-order valence-electron chi connectivity index (χ4n) is 13.1. The van der Waals surface area contributed by atoms with E-state index in [4.69, 9.17) is 14.2 Å². The zero-order chi connectivity index (χ0) is 50.9. The molecule has 392 valence electrons. The van der Waals surface area contributed by atoms with E-state index in [1.807, 2.05) is 74.1 Å². The van der Waals surface area contributed by atoms with Crippen LogP contribution in [0.2, 0.25) is 0 Å². The molecule has 0 spiro atoms. The summed E-state index contributed by atoms with van der Waals surface area (Å²) < 4.78 is 17.1. The number of amides is 3. The fourth-order valence-corrected chi connectivity index (χ4v) is 13.1. The second-order valence-corrected chi connectivity index (χ2v) is 26.2. The number of ether oxygens (including phenoxy) is 3. The minimum atomic E-state index is -0.620. The van der Waals surface area contributed by atoms with Crippen molar-refractivity contribution in [3.63, 3.8) is 0 Å². The van der Waals surface area contributed by atoms with Crippen LogP contribution in [0.3, 0.4) is 0 Å². The Morgan fingerprint density at radius 2 is 1.38 bits per heavy atom. The van der Waals surface area contributed by atoms with Crippen molar-refractivity contribution in [1.82, 2.24) is 20.9 Å². The maximum absolute atomic E-state index is 13.9. The van der Waals surface area contributed by atoms with E-state index in [0.29, 0.717) is 30.8 Å². The smallest absolute Gasteiger partial charge is 0.408 e. The number of esters is 1. The first-order valence-electron chi connectivity index (χ1n) is 27.4. The first-order valence-corrected chi connectivity index (χ1v) is 27.4. The minimum Gasteiger partial charge on any atom is -0.462 e. The van der Waals surface area contributed by atoms with Crippen LogP contribution in [0.1, 0.15) is 220 Å². The molecule has 11 heteroatoms. The summed E-state index contributed by atoms with van der Waals surface area (Å²) in [6.07, 6.45) is 17.9. The number of nitrogens with zero attached hydrogens (tertiary/aromatic N) is 1. The predicted octanol–water partition coefficient (Wildman–Crippen LogP) is 12.9. The molecule has 0 radical (unpaired) electrons. The monoisotopic (exact) mass is 955 g/mol. The summed E-state index contributed by atoms with van der Waals surface area (Å²) in [6, 6.07) is 0. The van der Waals surface area contributed by atoms with E-state index >= 15 is 0 Å². The highest BCUT2D eigenvalue weighted by atomic mass is 16.6. The molecule has 0 aliphatic heterocycles. The third-order valence-electron chi connectivity index (χ3n) is 17.1. The van der Waals surface area contributed by atoms with Crippen LogP contribution in [0.25, 0.3) is 0 Å². The van der Waals surface area contributed by atoms with E-state index in [2.05, 4.69) is 63.6 Å². The van der Waals surface area contributed by atoms with E-state index < -0.39 is 34.5 Å². The minimum absolute atomic E-state index is 0.0531. The van der Waals surface area contributed by atoms with E-state index in [-0.39, 0.29) is 36.2 Å². The van der Waals surface area contributed by atoms with Crippen LogP contribution in [0.15, 0.2) is 11.6 Å². The lowest BCUT2D eigenvalue weighted by molar-refractivity contribution is -0.153. The molecule has 0 saturated heterocycles. The Morgan fingerprint density at radius 3 is 1.99 bits per heavy atom. The standard InChI is InChI=1S/C57H102N4O7/c1-17-41(39(2)3)21-20-40(4)45-24-25-46-44-23-22-42-38-43(28-30-56(42,15)47(44)29-31-57(45,46)16)66-49(63)27-26-48(62)61(37-33-55(13,14)60-51(65)68-53(8,9)10)36-19-18-34-58-35-32-54(11,12)59-50(64)67-52(5,6)7/h22,39-41,43-47,58H,17-21,23-38H2,1-16H3,(H,59,64)(H,60,65)/t40-,41-,43+,44+,45-,46+,47+,56+,57-/m1/s1. The van der Waals surface area contributed by atoms with Gasteiger partial charge in [-0.3, -0.25) is 9.59 Å². The van der Waals surface area contributed by atoms with Gasteiger partial charge in [0.05, 0.1) is 6.42 Å². The van der Waals surface area contributed by atoms with Gasteiger partial charge in [-0.05, 0) is 212 Å². The van der Waals surface area contributed by atoms with Crippen molar-refractivity contribution in [1.29, 1.82) is 0 Å². The molecule has 0 bridgehead atoms. The molecule has 3 amide bonds. The van der Waals surface area contributed by atoms with Crippen LogP contribution in [0.5, 0.6) is 0 Å². The first kappa shape index (κ1) is 57.8. The Morgan fingerprint density at radius 1 is 0.750 bits per heavy atom. The van der Waals surface area contributed by atoms with E-state index in [1.165, 1.54) is 56.9 Å². The van der Waals surface area contributed by atoms with Gasteiger partial charge in [-0.2, -0.15) is 0 Å². The Labute approximate surface area is 415 Å². The molecule has 3 fully saturated rings. The molecule has 3 saturated carbocycles. The highest BCUT2D eigenvalue weighted by Gasteiger charge is 2.59. The lowest BCUT2D eigenvalue weighted by Gasteiger charge is -2.58. The van der Waals surface area contributed by atoms with Crippen molar-refractivity contribution in [2.24, 2.45) is 52.3 Å². The highest BCUT2D eigenvalue weighted by molar-refractivity contribution is 5.81. The quantitative estimate of drug-likeness (QED) is 0.0399. The van der Waals surface area contributed by atoms with Gasteiger partial charge in [-0.15, -0.1) is 0 Å². The molecule has 4 rings (SSSR count). The molecule has 9 atom stereocenters. The largest absolute Gasteiger partial charge is 0.462 e. The number of rotatable bonds is 23. The molecule has 4 aliphatic rings. The number of nitrogens with one attached hydrogen (secondary N) is 3. The third-order valence-corrected chi connectivity index (χ3v) is 17.1. The van der Waals surface area contributed by atoms with Crippen molar-refractivity contribution in [3.05, 3.63) is 11.6 Å². The number of hydrogen-bond donors (Lipinski definition) is 3. The predicted molar refractivity (Wildman–Crippen MR) is 276 cm³/mol. The van der Waals surface area contributed by atoms with Crippen LogP contribution in [-0.2, 0) is 23.8 Å². The van der Waals surface area contributed by atoms with Gasteiger partial charge >= 0.3 is 18.2 Å². The topological polar surface area (TPSA) is 135 Å². The van der Waals surface area contributed by atoms with Gasteiger partial charge in [-0.25, -0.2) is 9.59 Å². The van der Waals surface area contributed by atoms with Crippen molar-refractivity contribution >= 4 is 24.1 Å². The molecule has 0 aromatic heterocycles. The Bertz CT molecular complexity index is 1690. The summed E-state index contributed by atoms with van der Waals surface area (Å²) in [7, 11) is 0. The zero-order valence-corrected chi connectivity index (χ0v) is 46.4. The normalized spacial score (nSPS) is 27.2. The van der Waals surface area contributed by atoms with Crippen molar-refractivity contribution in [3.8, 4) is 0 Å². The van der Waals surface area contributed by atoms with Crippen LogP contribution in [-0.4, -0.2) is 83.5 Å². The molecule has 0 heterocycles. The number of unbranched alkanes of at least 4 members (excludes halogenated alkanes) is 1. The van der Waals surface area contributed by atoms with Gasteiger partial charge in [0, 0.05) is 37.0 Å². The van der Waals surface area contributed by atoms with Gasteiger partial charge in [0.2, 0.25) is 5.91 Å². The molecule has 11 nitrogen and oxygen atoms in total. The average molecular weight is 955 g/mol. The SMILES string of the molecule is CC[C@H](CC[C@@H](C)[C@H]1CC[C@H]2[C@@H]3CC=C4C[C@@H](OC(=O)CCC(=O)N(CCCCNCCC(C)(C)NC(=O)OC(C)(C)C)CCC(C)(C)NC(=O)OC(C)(C)C)CC[C@]4(C)[C@H]3CC[C@]12C)C(C)C. The van der Waals surface area contributed by atoms with Crippen LogP contribution < -0.4 is 16.0 Å². The fraction of sp³-hybridized carbons (Fsp3) is 0.895. The van der Waals surface area contributed by atoms with E-state index in [9.17, 15) is 19.2 Å². The Balaban J connectivity index is 1.28. The molecule has 0 aromatic rings. The Kier molecular flexibility index (Phi) is 20.4. The summed E-state index contributed by atoms with van der Waals surface area (Å²) >= 11 is 0. The number of allylic oxidation sites excluding steroid dienone is 1. The van der Waals surface area contributed by atoms with E-state index in [1.54, 1.807) is 0 Å². The van der Waals surface area contributed by atoms with Crippen LogP contribution >= 0.6 is 0 Å². The number of carbonyl (C=O) groups is 4.